The van der Waals surface area contributed by atoms with Crippen LogP contribution in [0, 0.1) is 5.82 Å². The van der Waals surface area contributed by atoms with Gasteiger partial charge >= 0.3 is 0 Å². The number of pyridine rings is 1. The standard InChI is InChI=1S/C26H25FN6/c1-16(2)30-22-15-25-23(14-21(22)32-20-7-5-13-29-26(20)28)31-19-6-3-4-8-24(19)33(25)18-11-9-17(27)10-12-18/h5-16,32H,3-4H2,1-2H3,(H2,28,29). The van der Waals surface area contributed by atoms with Gasteiger partial charge in [0, 0.05) is 17.9 Å². The summed E-state index contributed by atoms with van der Waals surface area (Å²) in [7, 11) is 0. The molecule has 7 heteroatoms. The van der Waals surface area contributed by atoms with Crippen molar-refractivity contribution in [3.8, 4) is 17.1 Å². The molecule has 1 aromatic carbocycles. The Balaban J connectivity index is 1.83. The smallest absolute Gasteiger partial charge is 0.147 e. The molecule has 2 aromatic rings. The molecule has 33 heavy (non-hydrogen) atoms. The van der Waals surface area contributed by atoms with Crippen molar-refractivity contribution in [2.24, 2.45) is 4.99 Å². The van der Waals surface area contributed by atoms with Crippen LogP contribution in [0.4, 0.5) is 21.6 Å². The van der Waals surface area contributed by atoms with Crippen molar-refractivity contribution < 1.29 is 4.39 Å². The summed E-state index contributed by atoms with van der Waals surface area (Å²) in [5, 5.41) is 6.10. The topological polar surface area (TPSA) is 81.1 Å². The Kier molecular flexibility index (Phi) is 5.38. The summed E-state index contributed by atoms with van der Waals surface area (Å²) in [5.74, 6) is 0.147. The summed E-state index contributed by atoms with van der Waals surface area (Å²) >= 11 is 0. The Morgan fingerprint density at radius 1 is 1.06 bits per heavy atom. The van der Waals surface area contributed by atoms with E-state index < -0.39 is 0 Å². The van der Waals surface area contributed by atoms with Crippen LogP contribution in [0.1, 0.15) is 26.7 Å². The quantitative estimate of drug-likeness (QED) is 0.509. The first-order valence-electron chi connectivity index (χ1n) is 11.0. The summed E-state index contributed by atoms with van der Waals surface area (Å²) in [4.78, 5) is 14.0. The maximum atomic E-state index is 13.7. The number of rotatable bonds is 4. The van der Waals surface area contributed by atoms with E-state index >= 15 is 0 Å². The first-order chi connectivity index (χ1) is 16.0. The second-order valence-corrected chi connectivity index (χ2v) is 8.32. The first-order valence-corrected chi connectivity index (χ1v) is 11.0. The summed E-state index contributed by atoms with van der Waals surface area (Å²) in [6.45, 7) is 4.07. The summed E-state index contributed by atoms with van der Waals surface area (Å²) in [6.07, 6.45) is 7.87. The lowest BCUT2D eigenvalue weighted by Crippen LogP contribution is -2.40. The molecule has 0 atom stereocenters. The molecule has 6 nitrogen and oxygen atoms in total. The van der Waals surface area contributed by atoms with Crippen molar-refractivity contribution >= 4 is 29.3 Å². The number of nitrogens with two attached hydrogens (primary N) is 1. The molecule has 2 aliphatic carbocycles. The van der Waals surface area contributed by atoms with E-state index in [0.717, 1.165) is 51.7 Å². The van der Waals surface area contributed by atoms with E-state index in [-0.39, 0.29) is 11.9 Å². The van der Waals surface area contributed by atoms with E-state index in [1.807, 2.05) is 38.1 Å². The molecule has 2 heterocycles. The SMILES string of the molecule is CC(C)N=c1cc2n(-c3ccc(F)cc3)c3c(nc-2cc1Nc1cccnc1N)=CCCC=3. The molecule has 0 radical (unpaired) electrons. The summed E-state index contributed by atoms with van der Waals surface area (Å²) in [5.41, 5.74) is 10.2. The minimum Gasteiger partial charge on any atom is -0.382 e. The molecule has 0 saturated carbocycles. The van der Waals surface area contributed by atoms with Gasteiger partial charge in [-0.2, -0.15) is 0 Å². The van der Waals surface area contributed by atoms with Gasteiger partial charge in [0.1, 0.15) is 11.6 Å². The number of nitrogens with one attached hydrogen (secondary N) is 1. The molecule has 0 fully saturated rings. The van der Waals surface area contributed by atoms with E-state index in [0.29, 0.717) is 11.5 Å². The van der Waals surface area contributed by atoms with Gasteiger partial charge < -0.3 is 15.6 Å². The zero-order valence-electron chi connectivity index (χ0n) is 18.6. The lowest BCUT2D eigenvalue weighted by atomic mass is 10.1. The Morgan fingerprint density at radius 2 is 1.85 bits per heavy atom. The largest absolute Gasteiger partial charge is 0.382 e. The van der Waals surface area contributed by atoms with Crippen molar-refractivity contribution in [1.29, 1.82) is 0 Å². The highest BCUT2D eigenvalue weighted by Crippen LogP contribution is 2.25. The number of aromatic nitrogens is 3. The summed E-state index contributed by atoms with van der Waals surface area (Å²) < 4.78 is 15.8. The zero-order valence-corrected chi connectivity index (χ0v) is 18.6. The van der Waals surface area contributed by atoms with E-state index in [9.17, 15) is 4.39 Å². The fourth-order valence-electron chi connectivity index (χ4n) is 4.07. The van der Waals surface area contributed by atoms with Crippen LogP contribution in [0.5, 0.6) is 0 Å². The van der Waals surface area contributed by atoms with Gasteiger partial charge in [-0.3, -0.25) is 4.99 Å². The van der Waals surface area contributed by atoms with Crippen LogP contribution in [0.2, 0.25) is 0 Å². The molecule has 3 N–H and O–H groups in total. The Morgan fingerprint density at radius 3 is 2.61 bits per heavy atom. The number of nitrogen functional groups attached to an aromatic ring is 1. The zero-order chi connectivity index (χ0) is 22.9. The Labute approximate surface area is 191 Å². The van der Waals surface area contributed by atoms with Crippen LogP contribution in [0.3, 0.4) is 0 Å². The minimum absolute atomic E-state index is 0.0824. The predicted molar refractivity (Wildman–Crippen MR) is 130 cm³/mol. The third-order valence-electron chi connectivity index (χ3n) is 5.51. The van der Waals surface area contributed by atoms with Crippen LogP contribution >= 0.6 is 0 Å². The first kappa shape index (κ1) is 20.9. The molecule has 1 aliphatic heterocycles. The third kappa shape index (κ3) is 4.09. The number of anilines is 3. The van der Waals surface area contributed by atoms with E-state index in [1.54, 1.807) is 18.3 Å². The number of hydrogen-bond donors (Lipinski definition) is 2. The molecule has 1 aromatic heterocycles. The molecule has 0 bridgehead atoms. The molecule has 0 spiro atoms. The maximum absolute atomic E-state index is 13.7. The lowest BCUT2D eigenvalue weighted by molar-refractivity contribution is 0.627. The number of fused-ring (bicyclic) bond motifs is 2. The van der Waals surface area contributed by atoms with Crippen molar-refractivity contribution in [3.05, 3.63) is 76.6 Å². The van der Waals surface area contributed by atoms with Crippen LogP contribution < -0.4 is 27.1 Å². The van der Waals surface area contributed by atoms with Crippen LogP contribution in [0.15, 0.2) is 59.7 Å². The molecular formula is C26H25FN6. The van der Waals surface area contributed by atoms with Gasteiger partial charge in [0.2, 0.25) is 0 Å². The second kappa shape index (κ2) is 8.50. The van der Waals surface area contributed by atoms with Gasteiger partial charge in [0.25, 0.3) is 0 Å². The molecule has 5 rings (SSSR count). The predicted octanol–water partition coefficient (Wildman–Crippen LogP) is 3.50. The Hall–Kier alpha value is -4.00. The van der Waals surface area contributed by atoms with Crippen molar-refractivity contribution in [2.75, 3.05) is 11.1 Å². The van der Waals surface area contributed by atoms with E-state index in [1.165, 1.54) is 12.1 Å². The second-order valence-electron chi connectivity index (χ2n) is 8.32. The van der Waals surface area contributed by atoms with E-state index in [2.05, 4.69) is 27.0 Å². The van der Waals surface area contributed by atoms with Crippen LogP contribution in [0.25, 0.3) is 29.2 Å². The fraction of sp³-hybridized carbons (Fsp3) is 0.192. The molecule has 0 unspecified atom stereocenters. The van der Waals surface area contributed by atoms with Crippen LogP contribution in [-0.2, 0) is 0 Å². The fourth-order valence-corrected chi connectivity index (χ4v) is 4.07. The number of hydrogen-bond acceptors (Lipinski definition) is 5. The number of halogens is 1. The van der Waals surface area contributed by atoms with Gasteiger partial charge in [-0.1, -0.05) is 12.2 Å². The molecule has 166 valence electrons. The van der Waals surface area contributed by atoms with Gasteiger partial charge in [-0.15, -0.1) is 0 Å². The third-order valence-corrected chi connectivity index (χ3v) is 5.51. The minimum atomic E-state index is -0.266. The molecule has 0 amide bonds. The highest BCUT2D eigenvalue weighted by Gasteiger charge is 2.17. The monoisotopic (exact) mass is 440 g/mol. The van der Waals surface area contributed by atoms with Crippen molar-refractivity contribution in [2.45, 2.75) is 32.7 Å². The van der Waals surface area contributed by atoms with Gasteiger partial charge in [0.15, 0.2) is 0 Å². The van der Waals surface area contributed by atoms with Gasteiger partial charge in [-0.05, 0) is 75.2 Å². The maximum Gasteiger partial charge on any atom is 0.147 e. The average Bonchev–Trinajstić information content (AvgIpc) is 2.80. The van der Waals surface area contributed by atoms with Gasteiger partial charge in [-0.25, -0.2) is 14.4 Å². The average molecular weight is 441 g/mol. The van der Waals surface area contributed by atoms with Crippen molar-refractivity contribution in [3.63, 3.8) is 0 Å². The normalized spacial score (nSPS) is 13.5. The summed E-state index contributed by atoms with van der Waals surface area (Å²) in [6, 6.07) is 14.4. The molecule has 0 saturated heterocycles. The van der Waals surface area contributed by atoms with Crippen molar-refractivity contribution in [1.82, 2.24) is 14.5 Å². The highest BCUT2D eigenvalue weighted by molar-refractivity contribution is 5.74. The van der Waals surface area contributed by atoms with Gasteiger partial charge in [0.05, 0.1) is 38.8 Å². The molecular weight excluding hydrogens is 415 g/mol. The molecule has 3 aliphatic rings. The lowest BCUT2D eigenvalue weighted by Gasteiger charge is -2.20. The number of benzene rings is 2. The van der Waals surface area contributed by atoms with Crippen LogP contribution in [-0.4, -0.2) is 20.6 Å². The highest BCUT2D eigenvalue weighted by atomic mass is 19.1. The Bertz CT molecular complexity index is 1490. The number of nitrogens with zero attached hydrogens (tertiary/aromatic N) is 4. The van der Waals surface area contributed by atoms with E-state index in [4.69, 9.17) is 15.7 Å².